The molecule has 0 fully saturated rings. The Kier molecular flexibility index (Phi) is 2.28. The lowest BCUT2D eigenvalue weighted by Gasteiger charge is -2.04. The third-order valence-electron chi connectivity index (χ3n) is 1.63. The molecule has 0 radical (unpaired) electrons. The van der Waals surface area contributed by atoms with Gasteiger partial charge in [-0.2, -0.15) is 0 Å². The molecule has 1 aromatic carbocycles. The van der Waals surface area contributed by atoms with E-state index in [9.17, 15) is 4.79 Å². The zero-order valence-electron chi connectivity index (χ0n) is 6.53. The molecule has 0 aliphatic rings. The summed E-state index contributed by atoms with van der Waals surface area (Å²) in [6, 6.07) is 3.06. The number of anilines is 1. The van der Waals surface area contributed by atoms with Crippen LogP contribution >= 0.6 is 12.6 Å². The van der Waals surface area contributed by atoms with Crippen LogP contribution in [0.4, 0.5) is 5.69 Å². The number of carboxylic acids is 1. The first-order valence-electron chi connectivity index (χ1n) is 3.34. The van der Waals surface area contributed by atoms with E-state index >= 15 is 0 Å². The fourth-order valence-electron chi connectivity index (χ4n) is 0.943. The molecule has 0 aliphatic carbocycles. The van der Waals surface area contributed by atoms with Crippen LogP contribution in [-0.2, 0) is 0 Å². The van der Waals surface area contributed by atoms with Gasteiger partial charge in [0.1, 0.15) is 0 Å². The highest BCUT2D eigenvalue weighted by Crippen LogP contribution is 2.21. The molecule has 0 unspecified atom stereocenters. The summed E-state index contributed by atoms with van der Waals surface area (Å²) in [7, 11) is 0. The Morgan fingerprint density at radius 2 is 2.17 bits per heavy atom. The van der Waals surface area contributed by atoms with Gasteiger partial charge in [-0.1, -0.05) is 0 Å². The number of benzene rings is 1. The van der Waals surface area contributed by atoms with Gasteiger partial charge < -0.3 is 10.8 Å². The van der Waals surface area contributed by atoms with E-state index in [2.05, 4.69) is 12.6 Å². The number of hydrogen-bond acceptors (Lipinski definition) is 3. The maximum Gasteiger partial charge on any atom is 0.336 e. The summed E-state index contributed by atoms with van der Waals surface area (Å²) in [5.74, 6) is -0.977. The number of aromatic carboxylic acids is 1. The van der Waals surface area contributed by atoms with Crippen molar-refractivity contribution in [1.29, 1.82) is 0 Å². The van der Waals surface area contributed by atoms with Crippen LogP contribution in [0, 0.1) is 6.92 Å². The maximum absolute atomic E-state index is 10.6. The third kappa shape index (κ3) is 1.53. The molecule has 0 saturated carbocycles. The molecule has 64 valence electrons. The lowest BCUT2D eigenvalue weighted by molar-refractivity contribution is 0.0696. The number of nitrogens with two attached hydrogens (primary N) is 1. The van der Waals surface area contributed by atoms with E-state index in [0.29, 0.717) is 16.1 Å². The van der Waals surface area contributed by atoms with Gasteiger partial charge in [-0.25, -0.2) is 4.79 Å². The predicted octanol–water partition coefficient (Wildman–Crippen LogP) is 1.56. The Labute approximate surface area is 75.6 Å². The molecule has 0 bridgehead atoms. The minimum absolute atomic E-state index is 0.208. The van der Waals surface area contributed by atoms with Gasteiger partial charge in [-0.3, -0.25) is 0 Å². The molecule has 1 aromatic rings. The lowest BCUT2D eigenvalue weighted by Crippen LogP contribution is -2.01. The molecular formula is C8H9NO2S. The minimum atomic E-state index is -0.977. The Morgan fingerprint density at radius 1 is 1.58 bits per heavy atom. The summed E-state index contributed by atoms with van der Waals surface area (Å²) in [6.45, 7) is 1.70. The number of carbonyl (C=O) groups is 1. The Morgan fingerprint density at radius 3 is 2.67 bits per heavy atom. The van der Waals surface area contributed by atoms with Gasteiger partial charge in [0.15, 0.2) is 0 Å². The van der Waals surface area contributed by atoms with Crippen LogP contribution in [0.2, 0.25) is 0 Å². The molecular weight excluding hydrogens is 174 g/mol. The molecule has 0 atom stereocenters. The molecule has 0 aromatic heterocycles. The molecule has 12 heavy (non-hydrogen) atoms. The fourth-order valence-corrected chi connectivity index (χ4v) is 1.21. The van der Waals surface area contributed by atoms with Crippen molar-refractivity contribution < 1.29 is 9.90 Å². The average Bonchev–Trinajstić information content (AvgIpc) is 1.96. The molecule has 0 aliphatic heterocycles. The summed E-state index contributed by atoms with van der Waals surface area (Å²) < 4.78 is 0. The van der Waals surface area contributed by atoms with Crippen molar-refractivity contribution in [3.8, 4) is 0 Å². The molecule has 0 saturated heterocycles. The minimum Gasteiger partial charge on any atom is -0.478 e. The first-order chi connectivity index (χ1) is 5.52. The van der Waals surface area contributed by atoms with Gasteiger partial charge in [-0.15, -0.1) is 12.6 Å². The van der Waals surface area contributed by atoms with E-state index in [1.807, 2.05) is 0 Å². The Hall–Kier alpha value is -1.16. The zero-order valence-corrected chi connectivity index (χ0v) is 7.43. The SMILES string of the molecule is Cc1c(S)cc(N)cc1C(=O)O. The van der Waals surface area contributed by atoms with Crippen LogP contribution in [0.3, 0.4) is 0 Å². The molecule has 1 rings (SSSR count). The fraction of sp³-hybridized carbons (Fsp3) is 0.125. The molecule has 0 heterocycles. The second-order valence-corrected chi connectivity index (χ2v) is 3.00. The highest BCUT2D eigenvalue weighted by molar-refractivity contribution is 7.80. The summed E-state index contributed by atoms with van der Waals surface area (Å²) in [5.41, 5.74) is 6.72. The van der Waals surface area contributed by atoms with Gasteiger partial charge >= 0.3 is 5.97 Å². The number of rotatable bonds is 1. The lowest BCUT2D eigenvalue weighted by atomic mass is 10.1. The van der Waals surface area contributed by atoms with Gasteiger partial charge in [-0.05, 0) is 24.6 Å². The molecule has 0 amide bonds. The van der Waals surface area contributed by atoms with Crippen molar-refractivity contribution in [3.63, 3.8) is 0 Å². The van der Waals surface area contributed by atoms with E-state index in [-0.39, 0.29) is 5.56 Å². The molecule has 3 N–H and O–H groups in total. The van der Waals surface area contributed by atoms with E-state index in [4.69, 9.17) is 10.8 Å². The van der Waals surface area contributed by atoms with Crippen molar-refractivity contribution >= 4 is 24.3 Å². The van der Waals surface area contributed by atoms with Crippen LogP contribution in [0.5, 0.6) is 0 Å². The first kappa shape index (κ1) is 8.93. The van der Waals surface area contributed by atoms with E-state index in [0.717, 1.165) is 0 Å². The van der Waals surface area contributed by atoms with Crippen LogP contribution in [0.1, 0.15) is 15.9 Å². The van der Waals surface area contributed by atoms with E-state index in [1.54, 1.807) is 13.0 Å². The monoisotopic (exact) mass is 183 g/mol. The molecule has 4 heteroatoms. The summed E-state index contributed by atoms with van der Waals surface area (Å²) in [5, 5.41) is 8.73. The number of thiol groups is 1. The van der Waals surface area contributed by atoms with Gasteiger partial charge in [0, 0.05) is 10.6 Å². The second-order valence-electron chi connectivity index (χ2n) is 2.52. The van der Waals surface area contributed by atoms with Crippen molar-refractivity contribution in [1.82, 2.24) is 0 Å². The van der Waals surface area contributed by atoms with Crippen LogP contribution in [0.15, 0.2) is 17.0 Å². The number of nitrogen functional groups attached to an aromatic ring is 1. The topological polar surface area (TPSA) is 63.3 Å². The van der Waals surface area contributed by atoms with Gasteiger partial charge in [0.05, 0.1) is 5.56 Å². The summed E-state index contributed by atoms with van der Waals surface area (Å²) >= 11 is 4.09. The number of carboxylic acid groups (broad SMARTS) is 1. The van der Waals surface area contributed by atoms with Crippen LogP contribution in [0.25, 0.3) is 0 Å². The summed E-state index contributed by atoms with van der Waals surface area (Å²) in [6.07, 6.45) is 0. The van der Waals surface area contributed by atoms with Crippen molar-refractivity contribution in [3.05, 3.63) is 23.3 Å². The first-order valence-corrected chi connectivity index (χ1v) is 3.79. The van der Waals surface area contributed by atoms with E-state index < -0.39 is 5.97 Å². The Bertz CT molecular complexity index is 336. The highest BCUT2D eigenvalue weighted by atomic mass is 32.1. The smallest absolute Gasteiger partial charge is 0.336 e. The van der Waals surface area contributed by atoms with Crippen molar-refractivity contribution in [2.45, 2.75) is 11.8 Å². The van der Waals surface area contributed by atoms with Gasteiger partial charge in [0.2, 0.25) is 0 Å². The number of hydrogen-bond donors (Lipinski definition) is 3. The van der Waals surface area contributed by atoms with Crippen molar-refractivity contribution in [2.75, 3.05) is 5.73 Å². The van der Waals surface area contributed by atoms with Crippen LogP contribution < -0.4 is 5.73 Å². The molecule has 3 nitrogen and oxygen atoms in total. The zero-order chi connectivity index (χ0) is 9.30. The standard InChI is InChI=1S/C8H9NO2S/c1-4-6(8(10)11)2-5(9)3-7(4)12/h2-3,12H,9H2,1H3,(H,10,11). The predicted molar refractivity (Wildman–Crippen MR) is 49.8 cm³/mol. The average molecular weight is 183 g/mol. The van der Waals surface area contributed by atoms with E-state index in [1.165, 1.54) is 6.07 Å². The second kappa shape index (κ2) is 3.06. The summed E-state index contributed by atoms with van der Waals surface area (Å²) in [4.78, 5) is 11.2. The third-order valence-corrected chi connectivity index (χ3v) is 2.10. The van der Waals surface area contributed by atoms with Crippen LogP contribution in [-0.4, -0.2) is 11.1 Å². The van der Waals surface area contributed by atoms with Crippen molar-refractivity contribution in [2.24, 2.45) is 0 Å². The highest BCUT2D eigenvalue weighted by Gasteiger charge is 2.09. The van der Waals surface area contributed by atoms with Gasteiger partial charge in [0.25, 0.3) is 0 Å². The normalized spacial score (nSPS) is 9.83. The Balaban J connectivity index is 3.37. The maximum atomic E-state index is 10.6. The largest absolute Gasteiger partial charge is 0.478 e. The molecule has 0 spiro atoms. The quantitative estimate of drug-likeness (QED) is 0.457.